The number of hydrogen-bond donors (Lipinski definition) is 1. The van der Waals surface area contributed by atoms with E-state index in [1.807, 2.05) is 6.92 Å². The van der Waals surface area contributed by atoms with Gasteiger partial charge in [0.05, 0.1) is 17.9 Å². The number of esters is 1. The first-order valence-electron chi connectivity index (χ1n) is 6.12. The molecule has 0 bridgehead atoms. The van der Waals surface area contributed by atoms with Gasteiger partial charge in [0.2, 0.25) is 10.0 Å². The number of nitrogens with one attached hydrogen (secondary N) is 1. The first kappa shape index (κ1) is 15.4. The molecule has 0 saturated heterocycles. The number of carbonyl (C=O) groups is 1. The summed E-state index contributed by atoms with van der Waals surface area (Å²) in [4.78, 5) is 15.4. The first-order chi connectivity index (χ1) is 8.98. The molecular weight excluding hydrogens is 268 g/mol. The molecule has 6 nitrogen and oxygen atoms in total. The van der Waals surface area contributed by atoms with Crippen LogP contribution in [0.4, 0.5) is 5.82 Å². The summed E-state index contributed by atoms with van der Waals surface area (Å²) in [5.41, 5.74) is 0.269. The highest BCUT2D eigenvalue weighted by Gasteiger charge is 2.13. The molecule has 0 fully saturated rings. The minimum absolute atomic E-state index is 0.0365. The van der Waals surface area contributed by atoms with E-state index in [1.165, 1.54) is 18.3 Å². The molecule has 0 aliphatic heterocycles. The Labute approximate surface area is 113 Å². The van der Waals surface area contributed by atoms with Crippen molar-refractivity contribution in [3.63, 3.8) is 0 Å². The van der Waals surface area contributed by atoms with Gasteiger partial charge in [-0.25, -0.2) is 18.2 Å². The van der Waals surface area contributed by atoms with Gasteiger partial charge >= 0.3 is 5.97 Å². The van der Waals surface area contributed by atoms with E-state index in [-0.39, 0.29) is 23.7 Å². The number of sulfonamides is 1. The van der Waals surface area contributed by atoms with Gasteiger partial charge in [0.1, 0.15) is 5.82 Å². The Morgan fingerprint density at radius 3 is 2.79 bits per heavy atom. The van der Waals surface area contributed by atoms with Gasteiger partial charge in [-0.15, -0.1) is 0 Å². The van der Waals surface area contributed by atoms with Crippen molar-refractivity contribution in [1.82, 2.24) is 4.98 Å². The lowest BCUT2D eigenvalue weighted by Gasteiger charge is -2.07. The number of nitrogens with zero attached hydrogens (tertiary/aromatic N) is 1. The zero-order chi connectivity index (χ0) is 14.3. The van der Waals surface area contributed by atoms with Crippen LogP contribution < -0.4 is 4.72 Å². The topological polar surface area (TPSA) is 85.4 Å². The van der Waals surface area contributed by atoms with Crippen molar-refractivity contribution < 1.29 is 17.9 Å². The molecule has 0 radical (unpaired) electrons. The van der Waals surface area contributed by atoms with Crippen molar-refractivity contribution in [3.8, 4) is 0 Å². The lowest BCUT2D eigenvalue weighted by atomic mass is 10.3. The number of rotatable bonds is 7. The van der Waals surface area contributed by atoms with Crippen molar-refractivity contribution in [3.05, 3.63) is 23.9 Å². The summed E-state index contributed by atoms with van der Waals surface area (Å²) in [5.74, 6) is -0.338. The van der Waals surface area contributed by atoms with Gasteiger partial charge in [0.15, 0.2) is 0 Å². The van der Waals surface area contributed by atoms with E-state index in [1.54, 1.807) is 6.92 Å². The standard InChI is InChI=1S/C12H18N2O4S/c1-3-5-8-19(16,17)14-11-9-10(6-7-13-11)12(15)18-4-2/h6-7,9H,3-5,8H2,1-2H3,(H,13,14). The number of pyridine rings is 1. The Bertz CT molecular complexity index is 528. The fourth-order valence-corrected chi connectivity index (χ4v) is 2.57. The van der Waals surface area contributed by atoms with E-state index in [4.69, 9.17) is 4.74 Å². The monoisotopic (exact) mass is 286 g/mol. The average molecular weight is 286 g/mol. The highest BCUT2D eigenvalue weighted by atomic mass is 32.2. The van der Waals surface area contributed by atoms with E-state index in [0.717, 1.165) is 6.42 Å². The van der Waals surface area contributed by atoms with Gasteiger partial charge in [0.25, 0.3) is 0 Å². The summed E-state index contributed by atoms with van der Waals surface area (Å²) in [7, 11) is -3.42. The number of unbranched alkanes of at least 4 members (excludes halogenated alkanes) is 1. The molecule has 0 aliphatic carbocycles. The van der Waals surface area contributed by atoms with E-state index < -0.39 is 16.0 Å². The number of hydrogen-bond acceptors (Lipinski definition) is 5. The van der Waals surface area contributed by atoms with E-state index >= 15 is 0 Å². The quantitative estimate of drug-likeness (QED) is 0.772. The van der Waals surface area contributed by atoms with Crippen LogP contribution in [-0.4, -0.2) is 31.7 Å². The van der Waals surface area contributed by atoms with E-state index in [9.17, 15) is 13.2 Å². The Morgan fingerprint density at radius 1 is 1.42 bits per heavy atom. The Hall–Kier alpha value is -1.63. The highest BCUT2D eigenvalue weighted by Crippen LogP contribution is 2.10. The smallest absolute Gasteiger partial charge is 0.338 e. The minimum atomic E-state index is -3.42. The normalized spacial score (nSPS) is 11.1. The summed E-state index contributed by atoms with van der Waals surface area (Å²) in [6.45, 7) is 3.88. The summed E-state index contributed by atoms with van der Waals surface area (Å²) in [5, 5.41) is 0. The van der Waals surface area contributed by atoms with Crippen molar-refractivity contribution in [2.75, 3.05) is 17.1 Å². The third-order valence-electron chi connectivity index (χ3n) is 2.30. The number of aromatic nitrogens is 1. The second-order valence-electron chi connectivity index (χ2n) is 3.92. The van der Waals surface area contributed by atoms with Gasteiger partial charge in [-0.2, -0.15) is 0 Å². The summed E-state index contributed by atoms with van der Waals surface area (Å²) >= 11 is 0. The van der Waals surface area contributed by atoms with E-state index in [2.05, 4.69) is 9.71 Å². The third-order valence-corrected chi connectivity index (χ3v) is 3.64. The number of ether oxygens (including phenoxy) is 1. The lowest BCUT2D eigenvalue weighted by molar-refractivity contribution is 0.0526. The maximum atomic E-state index is 11.7. The molecule has 7 heteroatoms. The fraction of sp³-hybridized carbons (Fsp3) is 0.500. The maximum absolute atomic E-state index is 11.7. The second-order valence-corrected chi connectivity index (χ2v) is 5.77. The van der Waals surface area contributed by atoms with Crippen molar-refractivity contribution in [1.29, 1.82) is 0 Å². The summed E-state index contributed by atoms with van der Waals surface area (Å²) in [6.07, 6.45) is 2.73. The molecule has 1 aromatic rings. The molecule has 19 heavy (non-hydrogen) atoms. The first-order valence-corrected chi connectivity index (χ1v) is 7.77. The van der Waals surface area contributed by atoms with Crippen LogP contribution in [-0.2, 0) is 14.8 Å². The lowest BCUT2D eigenvalue weighted by Crippen LogP contribution is -2.17. The Morgan fingerprint density at radius 2 is 2.16 bits per heavy atom. The largest absolute Gasteiger partial charge is 0.462 e. The van der Waals surface area contributed by atoms with Crippen LogP contribution in [0, 0.1) is 0 Å². The Kier molecular flexibility index (Phi) is 5.75. The molecule has 1 N–H and O–H groups in total. The van der Waals surface area contributed by atoms with E-state index in [0.29, 0.717) is 6.42 Å². The third kappa shape index (κ3) is 5.25. The second kappa shape index (κ2) is 7.08. The summed E-state index contributed by atoms with van der Waals surface area (Å²) < 4.78 is 30.6. The van der Waals surface area contributed by atoms with Gasteiger partial charge in [0, 0.05) is 6.20 Å². The molecule has 0 unspecified atom stereocenters. The Balaban J connectivity index is 2.80. The van der Waals surface area contributed by atoms with Crippen LogP contribution in [0.5, 0.6) is 0 Å². The van der Waals surface area contributed by atoms with Crippen LogP contribution in [0.3, 0.4) is 0 Å². The maximum Gasteiger partial charge on any atom is 0.338 e. The molecule has 0 spiro atoms. The van der Waals surface area contributed by atoms with Crippen LogP contribution in [0.15, 0.2) is 18.3 Å². The molecule has 1 heterocycles. The average Bonchev–Trinajstić information content (AvgIpc) is 2.36. The van der Waals surface area contributed by atoms with Crippen LogP contribution in [0.25, 0.3) is 0 Å². The number of anilines is 1. The van der Waals surface area contributed by atoms with Crippen LogP contribution in [0.2, 0.25) is 0 Å². The van der Waals surface area contributed by atoms with Crippen molar-refractivity contribution in [2.45, 2.75) is 26.7 Å². The molecule has 0 atom stereocenters. The van der Waals surface area contributed by atoms with Crippen LogP contribution in [0.1, 0.15) is 37.0 Å². The molecule has 0 amide bonds. The minimum Gasteiger partial charge on any atom is -0.462 e. The predicted molar refractivity (Wildman–Crippen MR) is 72.5 cm³/mol. The molecule has 1 rings (SSSR count). The fourth-order valence-electron chi connectivity index (χ4n) is 1.37. The zero-order valence-corrected chi connectivity index (χ0v) is 11.9. The van der Waals surface area contributed by atoms with Gasteiger partial charge in [-0.3, -0.25) is 4.72 Å². The number of carbonyl (C=O) groups excluding carboxylic acids is 1. The molecule has 0 aliphatic rings. The zero-order valence-electron chi connectivity index (χ0n) is 11.0. The van der Waals surface area contributed by atoms with Gasteiger partial charge < -0.3 is 4.74 Å². The highest BCUT2D eigenvalue weighted by molar-refractivity contribution is 7.92. The molecule has 1 aromatic heterocycles. The van der Waals surface area contributed by atoms with Crippen LogP contribution >= 0.6 is 0 Å². The predicted octanol–water partition coefficient (Wildman–Crippen LogP) is 1.80. The molecule has 0 saturated carbocycles. The molecular formula is C12H18N2O4S. The van der Waals surface area contributed by atoms with Crippen molar-refractivity contribution >= 4 is 21.8 Å². The van der Waals surface area contributed by atoms with Crippen molar-refractivity contribution in [2.24, 2.45) is 0 Å². The molecule has 106 valence electrons. The van der Waals surface area contributed by atoms with Gasteiger partial charge in [-0.05, 0) is 25.5 Å². The SMILES string of the molecule is CCCCS(=O)(=O)Nc1cc(C(=O)OCC)ccn1. The summed E-state index contributed by atoms with van der Waals surface area (Å²) in [6, 6.07) is 2.84. The van der Waals surface area contributed by atoms with Gasteiger partial charge in [-0.1, -0.05) is 13.3 Å². The molecule has 0 aromatic carbocycles.